The van der Waals surface area contributed by atoms with E-state index in [0.29, 0.717) is 25.3 Å². The van der Waals surface area contributed by atoms with E-state index in [1.54, 1.807) is 6.92 Å². The van der Waals surface area contributed by atoms with Crippen LogP contribution in [0.1, 0.15) is 30.5 Å². The van der Waals surface area contributed by atoms with Crippen LogP contribution in [0.4, 0.5) is 4.79 Å². The molecule has 0 aromatic heterocycles. The van der Waals surface area contributed by atoms with Gasteiger partial charge in [0, 0.05) is 13.2 Å². The molecule has 7 nitrogen and oxygen atoms in total. The molecule has 0 saturated carbocycles. The lowest BCUT2D eigenvalue weighted by Gasteiger charge is -2.22. The maximum absolute atomic E-state index is 13.2. The number of hydrogen-bond acceptors (Lipinski definition) is 4. The minimum atomic E-state index is -1.22. The van der Waals surface area contributed by atoms with Gasteiger partial charge in [0.15, 0.2) is 0 Å². The fourth-order valence-corrected chi connectivity index (χ4v) is 3.91. The first kappa shape index (κ1) is 22.5. The molecule has 33 heavy (non-hydrogen) atoms. The molecule has 1 saturated heterocycles. The van der Waals surface area contributed by atoms with Gasteiger partial charge in [-0.3, -0.25) is 14.5 Å². The predicted molar refractivity (Wildman–Crippen MR) is 125 cm³/mol. The van der Waals surface area contributed by atoms with E-state index >= 15 is 0 Å². The molecule has 1 fully saturated rings. The fraction of sp³-hybridized carbons (Fsp3) is 0.269. The van der Waals surface area contributed by atoms with E-state index in [4.69, 9.17) is 4.74 Å². The van der Waals surface area contributed by atoms with Gasteiger partial charge in [-0.25, -0.2) is 4.79 Å². The zero-order valence-corrected chi connectivity index (χ0v) is 18.8. The number of benzene rings is 3. The van der Waals surface area contributed by atoms with Crippen molar-refractivity contribution in [2.75, 3.05) is 13.2 Å². The lowest BCUT2D eigenvalue weighted by atomic mass is 9.90. The number of nitrogens with zero attached hydrogens (tertiary/aromatic N) is 1. The molecule has 4 amide bonds. The predicted octanol–water partition coefficient (Wildman–Crippen LogP) is 3.46. The molecule has 3 aromatic rings. The van der Waals surface area contributed by atoms with Crippen molar-refractivity contribution in [1.82, 2.24) is 15.5 Å². The molecule has 3 aromatic carbocycles. The van der Waals surface area contributed by atoms with Crippen LogP contribution in [0.15, 0.2) is 66.7 Å². The zero-order valence-electron chi connectivity index (χ0n) is 18.8. The van der Waals surface area contributed by atoms with Gasteiger partial charge in [0.2, 0.25) is 5.91 Å². The van der Waals surface area contributed by atoms with E-state index in [9.17, 15) is 14.4 Å². The topological polar surface area (TPSA) is 87.7 Å². The van der Waals surface area contributed by atoms with E-state index in [2.05, 4.69) is 10.6 Å². The summed E-state index contributed by atoms with van der Waals surface area (Å²) in [5.41, 5.74) is 1.42. The van der Waals surface area contributed by atoms with Crippen LogP contribution in [0.5, 0.6) is 0 Å². The van der Waals surface area contributed by atoms with Crippen LogP contribution in [0.2, 0.25) is 0 Å². The zero-order chi connectivity index (χ0) is 23.4. The minimum Gasteiger partial charge on any atom is -0.377 e. The smallest absolute Gasteiger partial charge is 0.325 e. The van der Waals surface area contributed by atoms with Crippen LogP contribution in [-0.4, -0.2) is 35.9 Å². The van der Waals surface area contributed by atoms with Crippen LogP contribution < -0.4 is 10.6 Å². The van der Waals surface area contributed by atoms with Crippen molar-refractivity contribution in [2.45, 2.75) is 32.5 Å². The standard InChI is InChI=1S/C26H27N3O4/c1-3-33-17-19-10-8-18(9-11-19)15-27-23(30)16-29-24(31)26(2,28-25(29)32)22-13-12-20-6-4-5-7-21(20)14-22/h4-14H,3,15-17H2,1-2H3,(H,27,30)(H,28,32). The Morgan fingerprint density at radius 2 is 1.70 bits per heavy atom. The lowest BCUT2D eigenvalue weighted by molar-refractivity contribution is -0.134. The van der Waals surface area contributed by atoms with E-state index in [1.807, 2.05) is 73.7 Å². The highest BCUT2D eigenvalue weighted by Crippen LogP contribution is 2.30. The van der Waals surface area contributed by atoms with Gasteiger partial charge in [-0.05, 0) is 47.4 Å². The van der Waals surface area contributed by atoms with Crippen LogP contribution in [0, 0.1) is 0 Å². The highest BCUT2D eigenvalue weighted by molar-refractivity contribution is 6.09. The first-order chi connectivity index (χ1) is 15.9. The van der Waals surface area contributed by atoms with E-state index in [-0.39, 0.29) is 6.54 Å². The third-order valence-electron chi connectivity index (χ3n) is 5.89. The third kappa shape index (κ3) is 4.73. The molecule has 2 N–H and O–H groups in total. The average molecular weight is 446 g/mol. The Balaban J connectivity index is 1.39. The Hall–Kier alpha value is -3.71. The molecule has 0 aliphatic carbocycles. The maximum Gasteiger partial charge on any atom is 0.325 e. The van der Waals surface area contributed by atoms with Crippen LogP contribution in [0.3, 0.4) is 0 Å². The summed E-state index contributed by atoms with van der Waals surface area (Å²) in [4.78, 5) is 39.2. The summed E-state index contributed by atoms with van der Waals surface area (Å²) in [5, 5.41) is 7.55. The number of rotatable bonds is 8. The summed E-state index contributed by atoms with van der Waals surface area (Å²) in [6.45, 7) is 4.78. The summed E-state index contributed by atoms with van der Waals surface area (Å²) < 4.78 is 5.38. The molecule has 1 atom stereocenters. The number of hydrogen-bond donors (Lipinski definition) is 2. The highest BCUT2D eigenvalue weighted by Gasteiger charge is 2.49. The summed E-state index contributed by atoms with van der Waals surface area (Å²) >= 11 is 0. The Labute approximate surface area is 192 Å². The van der Waals surface area contributed by atoms with Gasteiger partial charge in [-0.15, -0.1) is 0 Å². The molecular formula is C26H27N3O4. The second-order valence-corrected chi connectivity index (χ2v) is 8.24. The second kappa shape index (κ2) is 9.42. The van der Waals surface area contributed by atoms with Crippen LogP contribution in [-0.2, 0) is 33.0 Å². The lowest BCUT2D eigenvalue weighted by Crippen LogP contribution is -2.43. The number of nitrogens with one attached hydrogen (secondary N) is 2. The second-order valence-electron chi connectivity index (χ2n) is 8.24. The maximum atomic E-state index is 13.2. The molecule has 0 radical (unpaired) electrons. The Bertz CT molecular complexity index is 1190. The number of urea groups is 1. The van der Waals surface area contributed by atoms with Crippen molar-refractivity contribution < 1.29 is 19.1 Å². The number of carbonyl (C=O) groups is 3. The summed E-state index contributed by atoms with van der Waals surface area (Å²) in [5.74, 6) is -0.849. The van der Waals surface area contributed by atoms with Crippen molar-refractivity contribution in [1.29, 1.82) is 0 Å². The summed E-state index contributed by atoms with van der Waals surface area (Å²) in [6, 6.07) is 20.6. The van der Waals surface area contributed by atoms with Crippen LogP contribution in [0.25, 0.3) is 10.8 Å². The van der Waals surface area contributed by atoms with E-state index < -0.39 is 23.4 Å². The Kier molecular flexibility index (Phi) is 6.42. The molecule has 4 rings (SSSR count). The van der Waals surface area contributed by atoms with Crippen LogP contribution >= 0.6 is 0 Å². The number of amides is 4. The molecule has 7 heteroatoms. The fourth-order valence-electron chi connectivity index (χ4n) is 3.91. The molecule has 1 unspecified atom stereocenters. The van der Waals surface area contributed by atoms with Gasteiger partial charge in [0.1, 0.15) is 12.1 Å². The Morgan fingerprint density at radius 3 is 2.42 bits per heavy atom. The molecule has 1 aliphatic rings. The van der Waals surface area contributed by atoms with Gasteiger partial charge < -0.3 is 15.4 Å². The minimum absolute atomic E-state index is 0.305. The summed E-state index contributed by atoms with van der Waals surface area (Å²) in [7, 11) is 0. The van der Waals surface area contributed by atoms with Crippen molar-refractivity contribution in [3.63, 3.8) is 0 Å². The molecule has 0 bridgehead atoms. The normalized spacial score (nSPS) is 17.9. The van der Waals surface area contributed by atoms with E-state index in [1.165, 1.54) is 0 Å². The number of fused-ring (bicyclic) bond motifs is 1. The largest absolute Gasteiger partial charge is 0.377 e. The number of imide groups is 1. The van der Waals surface area contributed by atoms with Gasteiger partial charge in [-0.1, -0.05) is 60.7 Å². The van der Waals surface area contributed by atoms with Crippen molar-refractivity contribution >= 4 is 28.6 Å². The van der Waals surface area contributed by atoms with Gasteiger partial charge in [0.25, 0.3) is 5.91 Å². The molecule has 0 spiro atoms. The first-order valence-corrected chi connectivity index (χ1v) is 11.0. The SMILES string of the molecule is CCOCc1ccc(CNC(=O)CN2C(=O)NC(C)(c3ccc4ccccc4c3)C2=O)cc1. The number of carbonyl (C=O) groups excluding carboxylic acids is 3. The Morgan fingerprint density at radius 1 is 1.00 bits per heavy atom. The van der Waals surface area contributed by atoms with Crippen molar-refractivity contribution in [3.05, 3.63) is 83.4 Å². The first-order valence-electron chi connectivity index (χ1n) is 11.0. The molecule has 1 heterocycles. The monoisotopic (exact) mass is 445 g/mol. The van der Waals surface area contributed by atoms with E-state index in [0.717, 1.165) is 26.8 Å². The van der Waals surface area contributed by atoms with Gasteiger partial charge in [0.05, 0.1) is 6.61 Å². The van der Waals surface area contributed by atoms with Crippen molar-refractivity contribution in [2.24, 2.45) is 0 Å². The third-order valence-corrected chi connectivity index (χ3v) is 5.89. The quantitative estimate of drug-likeness (QED) is 0.520. The average Bonchev–Trinajstić information content (AvgIpc) is 3.05. The molecule has 1 aliphatic heterocycles. The molecule has 170 valence electrons. The van der Waals surface area contributed by atoms with Gasteiger partial charge in [-0.2, -0.15) is 0 Å². The number of ether oxygens (including phenoxy) is 1. The highest BCUT2D eigenvalue weighted by atomic mass is 16.5. The summed E-state index contributed by atoms with van der Waals surface area (Å²) in [6.07, 6.45) is 0. The van der Waals surface area contributed by atoms with Gasteiger partial charge >= 0.3 is 6.03 Å². The molecular weight excluding hydrogens is 418 g/mol. The van der Waals surface area contributed by atoms with Crippen molar-refractivity contribution in [3.8, 4) is 0 Å².